The summed E-state index contributed by atoms with van der Waals surface area (Å²) in [6.45, 7) is 8.28. The van der Waals surface area contributed by atoms with Gasteiger partial charge in [0.05, 0.1) is 5.69 Å². The molecule has 0 aliphatic rings. The first-order chi connectivity index (χ1) is 9.92. The maximum atomic E-state index is 11.1. The van der Waals surface area contributed by atoms with E-state index >= 15 is 0 Å². The van der Waals surface area contributed by atoms with Crippen LogP contribution >= 0.6 is 0 Å². The lowest BCUT2D eigenvalue weighted by molar-refractivity contribution is -0.145. The Kier molecular flexibility index (Phi) is 7.06. The van der Waals surface area contributed by atoms with E-state index in [1.807, 2.05) is 25.1 Å². The minimum absolute atomic E-state index is 0.218. The van der Waals surface area contributed by atoms with E-state index < -0.39 is 0 Å². The lowest BCUT2D eigenvalue weighted by atomic mass is 10.0. The van der Waals surface area contributed by atoms with E-state index in [9.17, 15) is 4.79 Å². The van der Waals surface area contributed by atoms with Gasteiger partial charge in [0.25, 0.3) is 0 Å². The van der Waals surface area contributed by atoms with Crippen molar-refractivity contribution in [3.63, 3.8) is 0 Å². The molecule has 0 spiro atoms. The highest BCUT2D eigenvalue weighted by molar-refractivity contribution is 5.68. The van der Waals surface area contributed by atoms with Gasteiger partial charge in [-0.1, -0.05) is 26.8 Å². The van der Waals surface area contributed by atoms with Gasteiger partial charge in [-0.05, 0) is 43.4 Å². The third-order valence-electron chi connectivity index (χ3n) is 3.18. The molecule has 0 amide bonds. The molecule has 4 nitrogen and oxygen atoms in total. The van der Waals surface area contributed by atoms with Gasteiger partial charge >= 0.3 is 5.97 Å². The summed E-state index contributed by atoms with van der Waals surface area (Å²) < 4.78 is 10.8. The normalized spacial score (nSPS) is 12.2. The van der Waals surface area contributed by atoms with Crippen molar-refractivity contribution >= 4 is 11.7 Å². The fourth-order valence-electron chi connectivity index (χ4n) is 1.88. The third-order valence-corrected chi connectivity index (χ3v) is 3.18. The fourth-order valence-corrected chi connectivity index (χ4v) is 1.88. The smallest absolute Gasteiger partial charge is 0.305 e. The average molecular weight is 293 g/mol. The average Bonchev–Trinajstić information content (AvgIpc) is 2.45. The fraction of sp³-hybridized carbons (Fsp3) is 0.588. The summed E-state index contributed by atoms with van der Waals surface area (Å²) in [6.07, 6.45) is 2.32. The molecule has 0 aliphatic heterocycles. The minimum atomic E-state index is -0.220. The minimum Gasteiger partial charge on any atom is -0.485 e. The number of nitrogens with two attached hydrogens (primary N) is 1. The van der Waals surface area contributed by atoms with Crippen LogP contribution in [-0.4, -0.2) is 18.7 Å². The summed E-state index contributed by atoms with van der Waals surface area (Å²) >= 11 is 0. The predicted octanol–water partition coefficient (Wildman–Crippen LogP) is 3.58. The topological polar surface area (TPSA) is 61.5 Å². The van der Waals surface area contributed by atoms with Gasteiger partial charge in [0.1, 0.15) is 18.5 Å². The number of hydrogen-bond acceptors (Lipinski definition) is 4. The van der Waals surface area contributed by atoms with Crippen LogP contribution in [0.1, 0.15) is 46.1 Å². The lowest BCUT2D eigenvalue weighted by Gasteiger charge is -2.17. The van der Waals surface area contributed by atoms with Crippen LogP contribution in [0, 0.1) is 5.92 Å². The SMILES string of the molecule is CCC(=O)OCC(C)Oc1ccc(CCC(C)C)cc1N. The first-order valence-corrected chi connectivity index (χ1v) is 7.63. The molecule has 0 saturated carbocycles. The highest BCUT2D eigenvalue weighted by Gasteiger charge is 2.10. The van der Waals surface area contributed by atoms with Crippen molar-refractivity contribution < 1.29 is 14.3 Å². The van der Waals surface area contributed by atoms with Crippen LogP contribution in [0.5, 0.6) is 5.75 Å². The van der Waals surface area contributed by atoms with Crippen molar-refractivity contribution in [2.75, 3.05) is 12.3 Å². The molecule has 1 aromatic rings. The quantitative estimate of drug-likeness (QED) is 0.588. The molecule has 0 saturated heterocycles. The number of carbonyl (C=O) groups is 1. The molecule has 0 bridgehead atoms. The second-order valence-electron chi connectivity index (χ2n) is 5.77. The summed E-state index contributed by atoms with van der Waals surface area (Å²) in [5.41, 5.74) is 7.88. The Hall–Kier alpha value is -1.71. The molecule has 0 heterocycles. The number of ether oxygens (including phenoxy) is 2. The Labute approximate surface area is 127 Å². The maximum absolute atomic E-state index is 11.1. The van der Waals surface area contributed by atoms with Crippen LogP contribution in [0.2, 0.25) is 0 Å². The van der Waals surface area contributed by atoms with Crippen LogP contribution in [0.25, 0.3) is 0 Å². The molecule has 1 unspecified atom stereocenters. The molecule has 0 aromatic heterocycles. The number of nitrogen functional groups attached to an aromatic ring is 1. The summed E-state index contributed by atoms with van der Waals surface area (Å²) in [5, 5.41) is 0. The standard InChI is InChI=1S/C17H27NO3/c1-5-17(19)20-11-13(4)21-16-9-8-14(10-15(16)18)7-6-12(2)3/h8-10,12-13H,5-7,11,18H2,1-4H3. The van der Waals surface area contributed by atoms with Crippen LogP contribution in [0.3, 0.4) is 0 Å². The zero-order chi connectivity index (χ0) is 15.8. The van der Waals surface area contributed by atoms with E-state index in [-0.39, 0.29) is 18.7 Å². The van der Waals surface area contributed by atoms with Gasteiger partial charge in [-0.3, -0.25) is 4.79 Å². The highest BCUT2D eigenvalue weighted by atomic mass is 16.6. The third kappa shape index (κ3) is 6.52. The van der Waals surface area contributed by atoms with Crippen molar-refractivity contribution in [1.29, 1.82) is 0 Å². The van der Waals surface area contributed by atoms with Gasteiger partial charge in [-0.25, -0.2) is 0 Å². The Balaban J connectivity index is 2.53. The molecule has 21 heavy (non-hydrogen) atoms. The summed E-state index contributed by atoms with van der Waals surface area (Å²) in [5.74, 6) is 1.10. The van der Waals surface area contributed by atoms with Crippen LogP contribution < -0.4 is 10.5 Å². The molecule has 0 fully saturated rings. The summed E-state index contributed by atoms with van der Waals surface area (Å²) in [7, 11) is 0. The zero-order valence-corrected chi connectivity index (χ0v) is 13.5. The van der Waals surface area contributed by atoms with Crippen molar-refractivity contribution in [1.82, 2.24) is 0 Å². The molecule has 4 heteroatoms. The number of anilines is 1. The highest BCUT2D eigenvalue weighted by Crippen LogP contribution is 2.25. The number of hydrogen-bond donors (Lipinski definition) is 1. The zero-order valence-electron chi connectivity index (χ0n) is 13.5. The van der Waals surface area contributed by atoms with E-state index in [1.165, 1.54) is 5.56 Å². The Morgan fingerprint density at radius 1 is 1.29 bits per heavy atom. The van der Waals surface area contributed by atoms with E-state index in [1.54, 1.807) is 6.92 Å². The van der Waals surface area contributed by atoms with E-state index in [2.05, 4.69) is 13.8 Å². The summed E-state index contributed by atoms with van der Waals surface area (Å²) in [4.78, 5) is 11.1. The Bertz CT molecular complexity index is 457. The Morgan fingerprint density at radius 3 is 2.57 bits per heavy atom. The number of rotatable bonds is 8. The van der Waals surface area contributed by atoms with Crippen molar-refractivity contribution in [2.24, 2.45) is 5.92 Å². The molecular weight excluding hydrogens is 266 g/mol. The van der Waals surface area contributed by atoms with Crippen molar-refractivity contribution in [2.45, 2.75) is 53.1 Å². The molecule has 1 atom stereocenters. The molecule has 1 aromatic carbocycles. The predicted molar refractivity (Wildman–Crippen MR) is 85.4 cm³/mol. The monoisotopic (exact) mass is 293 g/mol. The first-order valence-electron chi connectivity index (χ1n) is 7.63. The van der Waals surface area contributed by atoms with Crippen LogP contribution in [-0.2, 0) is 16.0 Å². The van der Waals surface area contributed by atoms with Gasteiger partial charge in [-0.2, -0.15) is 0 Å². The lowest BCUT2D eigenvalue weighted by Crippen LogP contribution is -2.21. The number of esters is 1. The van der Waals surface area contributed by atoms with Crippen LogP contribution in [0.4, 0.5) is 5.69 Å². The molecule has 2 N–H and O–H groups in total. The van der Waals surface area contributed by atoms with Gasteiger partial charge < -0.3 is 15.2 Å². The van der Waals surface area contributed by atoms with Gasteiger partial charge in [0, 0.05) is 6.42 Å². The number of benzene rings is 1. The van der Waals surface area contributed by atoms with Gasteiger partial charge in [0.2, 0.25) is 0 Å². The number of carbonyl (C=O) groups excluding carboxylic acids is 1. The van der Waals surface area contributed by atoms with Crippen LogP contribution in [0.15, 0.2) is 18.2 Å². The molecule has 0 aliphatic carbocycles. The molecule has 0 radical (unpaired) electrons. The maximum Gasteiger partial charge on any atom is 0.305 e. The Morgan fingerprint density at radius 2 is 2.00 bits per heavy atom. The second kappa shape index (κ2) is 8.55. The van der Waals surface area contributed by atoms with Crippen molar-refractivity contribution in [3.8, 4) is 5.75 Å². The number of aryl methyl sites for hydroxylation is 1. The second-order valence-corrected chi connectivity index (χ2v) is 5.77. The summed E-state index contributed by atoms with van der Waals surface area (Å²) in [6, 6.07) is 5.89. The van der Waals surface area contributed by atoms with Gasteiger partial charge in [-0.15, -0.1) is 0 Å². The van der Waals surface area contributed by atoms with E-state index in [4.69, 9.17) is 15.2 Å². The van der Waals surface area contributed by atoms with Crippen molar-refractivity contribution in [3.05, 3.63) is 23.8 Å². The first kappa shape index (κ1) is 17.3. The largest absolute Gasteiger partial charge is 0.485 e. The van der Waals surface area contributed by atoms with Gasteiger partial charge in [0.15, 0.2) is 0 Å². The molecule has 1 rings (SSSR count). The van der Waals surface area contributed by atoms with E-state index in [0.717, 1.165) is 12.8 Å². The van der Waals surface area contributed by atoms with E-state index in [0.29, 0.717) is 23.8 Å². The molecule has 118 valence electrons. The molecular formula is C17H27NO3.